The fourth-order valence-electron chi connectivity index (χ4n) is 2.22. The van der Waals surface area contributed by atoms with Gasteiger partial charge in [-0.2, -0.15) is 13.2 Å². The van der Waals surface area contributed by atoms with Gasteiger partial charge in [0.2, 0.25) is 0 Å². The fraction of sp³-hybridized carbons (Fsp3) is 0.143. The van der Waals surface area contributed by atoms with E-state index in [1.54, 1.807) is 4.90 Å². The molecular formula is C14H10F3N3. The number of hydrogen-bond acceptors (Lipinski definition) is 2. The highest BCUT2D eigenvalue weighted by Crippen LogP contribution is 2.31. The van der Waals surface area contributed by atoms with Crippen LogP contribution in [-0.2, 0) is 12.7 Å². The van der Waals surface area contributed by atoms with Crippen molar-refractivity contribution in [3.63, 3.8) is 0 Å². The van der Waals surface area contributed by atoms with Gasteiger partial charge in [0.25, 0.3) is 0 Å². The van der Waals surface area contributed by atoms with E-state index < -0.39 is 11.9 Å². The van der Waals surface area contributed by atoms with Gasteiger partial charge in [-0.15, -0.1) is 0 Å². The van der Waals surface area contributed by atoms with Crippen molar-refractivity contribution in [1.82, 2.24) is 4.98 Å². The van der Waals surface area contributed by atoms with Crippen LogP contribution >= 0.6 is 0 Å². The Morgan fingerprint density at radius 2 is 1.85 bits per heavy atom. The lowest BCUT2D eigenvalue weighted by Crippen LogP contribution is -2.23. The highest BCUT2D eigenvalue weighted by Gasteiger charge is 2.33. The van der Waals surface area contributed by atoms with Crippen LogP contribution < -0.4 is 4.90 Å². The van der Waals surface area contributed by atoms with Gasteiger partial charge in [-0.3, -0.25) is 5.41 Å². The van der Waals surface area contributed by atoms with Gasteiger partial charge in [0.05, 0.1) is 18.4 Å². The molecule has 0 fully saturated rings. The molecule has 0 atom stereocenters. The Kier molecular flexibility index (Phi) is 2.74. The minimum absolute atomic E-state index is 0.280. The van der Waals surface area contributed by atoms with Gasteiger partial charge >= 0.3 is 6.18 Å². The van der Waals surface area contributed by atoms with Crippen molar-refractivity contribution >= 4 is 11.5 Å². The number of amidine groups is 1. The zero-order valence-electron chi connectivity index (χ0n) is 10.3. The molecule has 2 heterocycles. The van der Waals surface area contributed by atoms with Gasteiger partial charge < -0.3 is 4.90 Å². The highest BCUT2D eigenvalue weighted by molar-refractivity contribution is 6.11. The molecule has 0 saturated carbocycles. The normalized spacial score (nSPS) is 14.6. The zero-order valence-corrected chi connectivity index (χ0v) is 10.3. The van der Waals surface area contributed by atoms with Gasteiger partial charge in [0.1, 0.15) is 11.5 Å². The molecule has 2 aromatic rings. The number of halogens is 3. The summed E-state index contributed by atoms with van der Waals surface area (Å²) in [4.78, 5) is 5.07. The monoisotopic (exact) mass is 277 g/mol. The van der Waals surface area contributed by atoms with E-state index in [0.29, 0.717) is 12.2 Å². The first-order chi connectivity index (χ1) is 9.47. The molecular weight excluding hydrogens is 267 g/mol. The Balaban J connectivity index is 1.91. The summed E-state index contributed by atoms with van der Waals surface area (Å²) >= 11 is 0. The summed E-state index contributed by atoms with van der Waals surface area (Å²) in [7, 11) is 0. The minimum Gasteiger partial charge on any atom is -0.320 e. The number of nitrogens with one attached hydrogen (secondary N) is 1. The molecule has 1 aliphatic rings. The first kappa shape index (κ1) is 12.7. The number of aromatic nitrogens is 1. The van der Waals surface area contributed by atoms with E-state index in [0.717, 1.165) is 23.4 Å². The third-order valence-corrected chi connectivity index (χ3v) is 3.22. The summed E-state index contributed by atoms with van der Waals surface area (Å²) in [5.74, 6) is 0.280. The molecule has 1 aliphatic heterocycles. The van der Waals surface area contributed by atoms with Crippen LogP contribution in [0.15, 0.2) is 42.6 Å². The predicted molar refractivity (Wildman–Crippen MR) is 68.7 cm³/mol. The molecule has 0 unspecified atom stereocenters. The molecule has 102 valence electrons. The average Bonchev–Trinajstić information content (AvgIpc) is 2.76. The van der Waals surface area contributed by atoms with Crippen molar-refractivity contribution in [1.29, 1.82) is 5.41 Å². The summed E-state index contributed by atoms with van der Waals surface area (Å²) in [6.45, 7) is 0.474. The molecule has 0 amide bonds. The van der Waals surface area contributed by atoms with Gasteiger partial charge in [-0.05, 0) is 17.7 Å². The summed E-state index contributed by atoms with van der Waals surface area (Å²) < 4.78 is 37.4. The maximum Gasteiger partial charge on any atom is 0.433 e. The molecule has 20 heavy (non-hydrogen) atoms. The third-order valence-electron chi connectivity index (χ3n) is 3.22. The first-order valence-corrected chi connectivity index (χ1v) is 5.94. The lowest BCUT2D eigenvalue weighted by atomic mass is 10.1. The average molecular weight is 277 g/mol. The van der Waals surface area contributed by atoms with Crippen LogP contribution in [0.2, 0.25) is 0 Å². The van der Waals surface area contributed by atoms with E-state index in [4.69, 9.17) is 5.41 Å². The van der Waals surface area contributed by atoms with Crippen LogP contribution in [-0.4, -0.2) is 10.8 Å². The molecule has 1 aromatic heterocycles. The Bertz CT molecular complexity index is 662. The van der Waals surface area contributed by atoms with Gasteiger partial charge in [0, 0.05) is 5.56 Å². The van der Waals surface area contributed by atoms with Crippen molar-refractivity contribution in [2.45, 2.75) is 12.7 Å². The molecule has 0 radical (unpaired) electrons. The Hall–Kier alpha value is -2.37. The number of fused-ring (bicyclic) bond motifs is 1. The number of benzene rings is 1. The molecule has 1 N–H and O–H groups in total. The first-order valence-electron chi connectivity index (χ1n) is 5.94. The molecule has 0 spiro atoms. The van der Waals surface area contributed by atoms with Crippen LogP contribution in [0.25, 0.3) is 0 Å². The predicted octanol–water partition coefficient (Wildman–Crippen LogP) is 3.45. The van der Waals surface area contributed by atoms with Gasteiger partial charge in [0.15, 0.2) is 0 Å². The van der Waals surface area contributed by atoms with E-state index in [2.05, 4.69) is 4.98 Å². The Morgan fingerprint density at radius 3 is 2.45 bits per heavy atom. The van der Waals surface area contributed by atoms with E-state index >= 15 is 0 Å². The van der Waals surface area contributed by atoms with E-state index in [9.17, 15) is 13.2 Å². The number of anilines is 1. The summed E-state index contributed by atoms with van der Waals surface area (Å²) in [5.41, 5.74) is 1.34. The van der Waals surface area contributed by atoms with Gasteiger partial charge in [-0.25, -0.2) is 4.98 Å². The summed E-state index contributed by atoms with van der Waals surface area (Å²) in [6, 6.07) is 9.72. The molecule has 0 saturated heterocycles. The summed E-state index contributed by atoms with van der Waals surface area (Å²) in [5, 5.41) is 8.08. The number of nitrogens with zero attached hydrogens (tertiary/aromatic N) is 2. The fourth-order valence-corrected chi connectivity index (χ4v) is 2.22. The molecule has 1 aromatic carbocycles. The topological polar surface area (TPSA) is 40.0 Å². The largest absolute Gasteiger partial charge is 0.433 e. The van der Waals surface area contributed by atoms with Crippen molar-refractivity contribution in [3.8, 4) is 0 Å². The van der Waals surface area contributed by atoms with Gasteiger partial charge in [-0.1, -0.05) is 24.3 Å². The Labute approximate surface area is 113 Å². The lowest BCUT2D eigenvalue weighted by molar-refractivity contribution is -0.141. The maximum absolute atomic E-state index is 12.5. The van der Waals surface area contributed by atoms with Crippen molar-refractivity contribution in [2.24, 2.45) is 0 Å². The van der Waals surface area contributed by atoms with Crippen LogP contribution in [0.4, 0.5) is 18.9 Å². The second-order valence-corrected chi connectivity index (χ2v) is 4.49. The standard InChI is InChI=1S/C14H10F3N3/c15-14(16,17)12-6-5-10(7-19-12)20-8-9-3-1-2-4-11(9)13(20)18/h1-7,18H,8H2. The quantitative estimate of drug-likeness (QED) is 0.867. The van der Waals surface area contributed by atoms with Crippen molar-refractivity contribution in [3.05, 3.63) is 59.4 Å². The number of rotatable bonds is 1. The third kappa shape index (κ3) is 2.03. The highest BCUT2D eigenvalue weighted by atomic mass is 19.4. The van der Waals surface area contributed by atoms with E-state index in [-0.39, 0.29) is 5.84 Å². The summed E-state index contributed by atoms with van der Waals surface area (Å²) in [6.07, 6.45) is -3.29. The van der Waals surface area contributed by atoms with Crippen LogP contribution in [0.1, 0.15) is 16.8 Å². The molecule has 0 aliphatic carbocycles. The molecule has 0 bridgehead atoms. The smallest absolute Gasteiger partial charge is 0.320 e. The molecule has 6 heteroatoms. The van der Waals surface area contributed by atoms with E-state index in [1.165, 1.54) is 6.07 Å². The molecule has 3 nitrogen and oxygen atoms in total. The number of hydrogen-bond donors (Lipinski definition) is 1. The SMILES string of the molecule is N=C1c2ccccc2CN1c1ccc(C(F)(F)F)nc1. The van der Waals surface area contributed by atoms with Crippen molar-refractivity contribution < 1.29 is 13.2 Å². The molecule has 3 rings (SSSR count). The van der Waals surface area contributed by atoms with E-state index in [1.807, 2.05) is 24.3 Å². The minimum atomic E-state index is -4.44. The van der Waals surface area contributed by atoms with Crippen molar-refractivity contribution in [2.75, 3.05) is 4.90 Å². The number of pyridine rings is 1. The van der Waals surface area contributed by atoms with Crippen LogP contribution in [0, 0.1) is 5.41 Å². The van der Waals surface area contributed by atoms with Crippen LogP contribution in [0.3, 0.4) is 0 Å². The number of alkyl halides is 3. The zero-order chi connectivity index (χ0) is 14.3. The van der Waals surface area contributed by atoms with Crippen LogP contribution in [0.5, 0.6) is 0 Å². The maximum atomic E-state index is 12.5. The second kappa shape index (κ2) is 4.33. The second-order valence-electron chi connectivity index (χ2n) is 4.49. The Morgan fingerprint density at radius 1 is 1.10 bits per heavy atom. The lowest BCUT2D eigenvalue weighted by Gasteiger charge is -2.18.